The van der Waals surface area contributed by atoms with Crippen molar-refractivity contribution in [2.45, 2.75) is 0 Å². The van der Waals surface area contributed by atoms with E-state index in [-0.39, 0.29) is 6.61 Å². The Hall–Kier alpha value is -2.67. The molecule has 2 N–H and O–H groups in total. The molecule has 0 bridgehead atoms. The number of hydrogen-bond acceptors (Lipinski definition) is 6. The highest BCUT2D eigenvalue weighted by Crippen LogP contribution is 2.31. The highest BCUT2D eigenvalue weighted by Gasteiger charge is 2.15. The van der Waals surface area contributed by atoms with Gasteiger partial charge in [-0.05, 0) is 23.6 Å². The van der Waals surface area contributed by atoms with Crippen molar-refractivity contribution in [1.82, 2.24) is 10.1 Å². The van der Waals surface area contributed by atoms with E-state index in [4.69, 9.17) is 15.0 Å². The second-order valence-electron chi connectivity index (χ2n) is 4.15. The first-order chi connectivity index (χ1) is 10.2. The molecular formula is C14H11N3O3S. The van der Waals surface area contributed by atoms with E-state index in [0.29, 0.717) is 23.0 Å². The van der Waals surface area contributed by atoms with Crippen LogP contribution >= 0.6 is 11.3 Å². The first-order valence-corrected chi connectivity index (χ1v) is 7.00. The summed E-state index contributed by atoms with van der Waals surface area (Å²) < 4.78 is 10.6. The normalized spacial score (nSPS) is 10.5. The molecule has 0 aliphatic heterocycles. The van der Waals surface area contributed by atoms with E-state index < -0.39 is 5.91 Å². The fraction of sp³-hybridized carbons (Fsp3) is 0.0714. The third kappa shape index (κ3) is 2.92. The number of nitrogens with zero attached hydrogens (tertiary/aromatic N) is 2. The Balaban J connectivity index is 1.92. The minimum absolute atomic E-state index is 0.205. The average Bonchev–Trinajstić information content (AvgIpc) is 3.16. The van der Waals surface area contributed by atoms with E-state index in [1.807, 2.05) is 23.6 Å². The lowest BCUT2D eigenvalue weighted by Crippen LogP contribution is -2.20. The minimum atomic E-state index is -0.547. The molecule has 3 rings (SSSR count). The van der Waals surface area contributed by atoms with Crippen LogP contribution in [-0.2, 0) is 4.79 Å². The molecule has 21 heavy (non-hydrogen) atoms. The number of amides is 1. The summed E-state index contributed by atoms with van der Waals surface area (Å²) in [7, 11) is 0. The summed E-state index contributed by atoms with van der Waals surface area (Å²) in [5.74, 6) is 0.774. The Labute approximate surface area is 124 Å². The van der Waals surface area contributed by atoms with Crippen LogP contribution in [0.2, 0.25) is 0 Å². The van der Waals surface area contributed by atoms with Gasteiger partial charge in [0.25, 0.3) is 11.8 Å². The molecule has 3 aromatic rings. The molecule has 1 amide bonds. The van der Waals surface area contributed by atoms with Gasteiger partial charge in [-0.25, -0.2) is 0 Å². The molecule has 2 heterocycles. The van der Waals surface area contributed by atoms with E-state index in [1.165, 1.54) is 11.3 Å². The number of ether oxygens (including phenoxy) is 1. The number of carbonyl (C=O) groups is 1. The molecule has 1 aromatic carbocycles. The van der Waals surface area contributed by atoms with Gasteiger partial charge in [0.05, 0.1) is 10.4 Å². The van der Waals surface area contributed by atoms with Crippen molar-refractivity contribution in [3.8, 4) is 27.9 Å². The largest absolute Gasteiger partial charge is 0.483 e. The summed E-state index contributed by atoms with van der Waals surface area (Å²) >= 11 is 1.53. The molecule has 7 heteroatoms. The molecule has 106 valence electrons. The maximum atomic E-state index is 10.8. The third-order valence-electron chi connectivity index (χ3n) is 2.65. The Morgan fingerprint density at radius 2 is 2.14 bits per heavy atom. The van der Waals surface area contributed by atoms with E-state index in [9.17, 15) is 4.79 Å². The van der Waals surface area contributed by atoms with E-state index in [2.05, 4.69) is 10.1 Å². The Morgan fingerprint density at radius 3 is 2.90 bits per heavy atom. The van der Waals surface area contributed by atoms with Gasteiger partial charge in [0.15, 0.2) is 6.61 Å². The molecule has 0 spiro atoms. The maximum Gasteiger partial charge on any atom is 0.262 e. The summed E-state index contributed by atoms with van der Waals surface area (Å²) in [6.07, 6.45) is 0. The number of thiophene rings is 1. The van der Waals surface area contributed by atoms with Crippen molar-refractivity contribution < 1.29 is 14.1 Å². The number of para-hydroxylation sites is 1. The predicted octanol–water partition coefficient (Wildman–Crippen LogP) is 2.33. The average molecular weight is 301 g/mol. The zero-order valence-electron chi connectivity index (χ0n) is 10.9. The molecule has 0 aliphatic carbocycles. The lowest BCUT2D eigenvalue weighted by Gasteiger charge is -2.06. The first kappa shape index (κ1) is 13.3. The summed E-state index contributed by atoms with van der Waals surface area (Å²) in [5.41, 5.74) is 5.70. The summed E-state index contributed by atoms with van der Waals surface area (Å²) in [6, 6.07) is 10.9. The van der Waals surface area contributed by atoms with E-state index in [0.717, 1.165) is 4.88 Å². The third-order valence-corrected chi connectivity index (χ3v) is 3.52. The quantitative estimate of drug-likeness (QED) is 0.781. The second-order valence-corrected chi connectivity index (χ2v) is 5.10. The summed E-state index contributed by atoms with van der Waals surface area (Å²) in [6.45, 7) is -0.205. The van der Waals surface area contributed by atoms with Gasteiger partial charge < -0.3 is 15.0 Å². The standard InChI is InChI=1S/C14H11N3O3S/c15-12(18)8-19-10-5-2-1-4-9(10)14-16-13(17-20-14)11-6-3-7-21-11/h1-7H,8H2,(H2,15,18). The molecule has 2 aromatic heterocycles. The van der Waals surface area contributed by atoms with Crippen LogP contribution in [0.25, 0.3) is 22.2 Å². The molecule has 0 saturated carbocycles. The fourth-order valence-electron chi connectivity index (χ4n) is 1.76. The molecular weight excluding hydrogens is 290 g/mol. The van der Waals surface area contributed by atoms with Gasteiger partial charge >= 0.3 is 0 Å². The molecule has 0 unspecified atom stereocenters. The lowest BCUT2D eigenvalue weighted by molar-refractivity contribution is -0.119. The SMILES string of the molecule is NC(=O)COc1ccccc1-c1nc(-c2cccs2)no1. The van der Waals surface area contributed by atoms with Crippen LogP contribution in [0, 0.1) is 0 Å². The molecule has 0 radical (unpaired) electrons. The summed E-state index contributed by atoms with van der Waals surface area (Å²) in [5, 5.41) is 5.89. The van der Waals surface area contributed by atoms with E-state index >= 15 is 0 Å². The van der Waals surface area contributed by atoms with Crippen LogP contribution < -0.4 is 10.5 Å². The molecule has 0 fully saturated rings. The molecule has 0 saturated heterocycles. The smallest absolute Gasteiger partial charge is 0.262 e. The number of carbonyl (C=O) groups excluding carboxylic acids is 1. The van der Waals surface area contributed by atoms with Crippen LogP contribution in [0.5, 0.6) is 5.75 Å². The minimum Gasteiger partial charge on any atom is -0.483 e. The van der Waals surface area contributed by atoms with Crippen molar-refractivity contribution in [3.63, 3.8) is 0 Å². The monoisotopic (exact) mass is 301 g/mol. The maximum absolute atomic E-state index is 10.8. The first-order valence-electron chi connectivity index (χ1n) is 6.12. The fourth-order valence-corrected chi connectivity index (χ4v) is 2.41. The number of nitrogens with two attached hydrogens (primary N) is 1. The highest BCUT2D eigenvalue weighted by molar-refractivity contribution is 7.13. The van der Waals surface area contributed by atoms with E-state index in [1.54, 1.807) is 18.2 Å². The Kier molecular flexibility index (Phi) is 3.65. The van der Waals surface area contributed by atoms with Gasteiger partial charge in [-0.2, -0.15) is 4.98 Å². The number of aromatic nitrogens is 2. The predicted molar refractivity (Wildman–Crippen MR) is 77.7 cm³/mol. The van der Waals surface area contributed by atoms with Crippen LogP contribution in [0.15, 0.2) is 46.3 Å². The van der Waals surface area contributed by atoms with Gasteiger partial charge in [0, 0.05) is 0 Å². The van der Waals surface area contributed by atoms with Crippen molar-refractivity contribution in [2.24, 2.45) is 5.73 Å². The topological polar surface area (TPSA) is 91.2 Å². The van der Waals surface area contributed by atoms with Gasteiger partial charge in [-0.15, -0.1) is 11.3 Å². The van der Waals surface area contributed by atoms with Gasteiger partial charge in [0.1, 0.15) is 5.75 Å². The van der Waals surface area contributed by atoms with Crippen LogP contribution in [0.4, 0.5) is 0 Å². The van der Waals surface area contributed by atoms with Crippen molar-refractivity contribution in [1.29, 1.82) is 0 Å². The number of benzene rings is 1. The lowest BCUT2D eigenvalue weighted by atomic mass is 10.2. The number of hydrogen-bond donors (Lipinski definition) is 1. The second kappa shape index (κ2) is 5.76. The van der Waals surface area contributed by atoms with Crippen molar-refractivity contribution in [3.05, 3.63) is 41.8 Å². The zero-order chi connectivity index (χ0) is 14.7. The Morgan fingerprint density at radius 1 is 1.29 bits per heavy atom. The summed E-state index contributed by atoms with van der Waals surface area (Å²) in [4.78, 5) is 16.1. The molecule has 0 aliphatic rings. The van der Waals surface area contributed by atoms with Gasteiger partial charge in [-0.3, -0.25) is 4.79 Å². The van der Waals surface area contributed by atoms with Crippen molar-refractivity contribution >= 4 is 17.2 Å². The van der Waals surface area contributed by atoms with Crippen molar-refractivity contribution in [2.75, 3.05) is 6.61 Å². The zero-order valence-corrected chi connectivity index (χ0v) is 11.7. The van der Waals surface area contributed by atoms with Crippen LogP contribution in [-0.4, -0.2) is 22.7 Å². The molecule has 6 nitrogen and oxygen atoms in total. The van der Waals surface area contributed by atoms with Crippen LogP contribution in [0.1, 0.15) is 0 Å². The van der Waals surface area contributed by atoms with Gasteiger partial charge in [-0.1, -0.05) is 23.4 Å². The highest BCUT2D eigenvalue weighted by atomic mass is 32.1. The van der Waals surface area contributed by atoms with Crippen LogP contribution in [0.3, 0.4) is 0 Å². The van der Waals surface area contributed by atoms with Gasteiger partial charge in [0.2, 0.25) is 5.82 Å². The molecule has 0 atom stereocenters. The number of rotatable bonds is 5. The number of primary amides is 1. The Bertz CT molecular complexity index is 752.